The third kappa shape index (κ3) is 1.62. The Kier molecular flexibility index (Phi) is 2.46. The summed E-state index contributed by atoms with van der Waals surface area (Å²) in [5.74, 6) is 0.657. The van der Waals surface area contributed by atoms with Crippen LogP contribution in [-0.4, -0.2) is 39.2 Å². The lowest BCUT2D eigenvalue weighted by Gasteiger charge is -2.25. The van der Waals surface area contributed by atoms with Gasteiger partial charge in [0.15, 0.2) is 0 Å². The molecule has 78 valence electrons. The molecule has 0 fully saturated rings. The number of aromatic nitrogens is 3. The van der Waals surface area contributed by atoms with Gasteiger partial charge in [-0.3, -0.25) is 0 Å². The predicted octanol–water partition coefficient (Wildman–Crippen LogP) is -0.380. The Balaban J connectivity index is 2.23. The van der Waals surface area contributed by atoms with Crippen molar-refractivity contribution in [3.05, 3.63) is 12.2 Å². The summed E-state index contributed by atoms with van der Waals surface area (Å²) in [6.45, 7) is 1.27. The number of halogens is 1. The Morgan fingerprint density at radius 3 is 3.00 bits per heavy atom. The van der Waals surface area contributed by atoms with E-state index in [1.807, 2.05) is 4.57 Å². The molecule has 2 heterocycles. The SMILES string of the molecule is O=S(=O)(CCl)N1CCn2cnnc2C1. The van der Waals surface area contributed by atoms with Gasteiger partial charge in [0, 0.05) is 13.1 Å². The Morgan fingerprint density at radius 1 is 1.50 bits per heavy atom. The van der Waals surface area contributed by atoms with E-state index in [2.05, 4.69) is 10.2 Å². The highest BCUT2D eigenvalue weighted by atomic mass is 35.5. The molecule has 0 unspecified atom stereocenters. The molecule has 0 radical (unpaired) electrons. The first-order valence-corrected chi connectivity index (χ1v) is 6.18. The van der Waals surface area contributed by atoms with E-state index >= 15 is 0 Å². The molecule has 1 aliphatic rings. The average molecular weight is 237 g/mol. The molecule has 0 N–H and O–H groups in total. The molecule has 6 nitrogen and oxygen atoms in total. The number of alkyl halides is 1. The summed E-state index contributed by atoms with van der Waals surface area (Å²) < 4.78 is 26.0. The molecule has 1 aromatic heterocycles. The molecular formula is C6H9ClN4O2S. The fourth-order valence-corrected chi connectivity index (χ4v) is 2.57. The van der Waals surface area contributed by atoms with Crippen molar-refractivity contribution < 1.29 is 8.42 Å². The normalized spacial score (nSPS) is 18.1. The fourth-order valence-electron chi connectivity index (χ4n) is 1.35. The molecule has 0 bridgehead atoms. The second-order valence-corrected chi connectivity index (χ2v) is 5.55. The molecule has 0 spiro atoms. The number of hydrogen-bond acceptors (Lipinski definition) is 4. The molecule has 0 saturated heterocycles. The van der Waals surface area contributed by atoms with E-state index in [1.165, 1.54) is 4.31 Å². The fraction of sp³-hybridized carbons (Fsp3) is 0.667. The average Bonchev–Trinajstić information content (AvgIpc) is 2.64. The van der Waals surface area contributed by atoms with Crippen molar-refractivity contribution in [3.63, 3.8) is 0 Å². The molecule has 0 aliphatic carbocycles. The van der Waals surface area contributed by atoms with E-state index in [-0.39, 0.29) is 11.8 Å². The maximum Gasteiger partial charge on any atom is 0.228 e. The van der Waals surface area contributed by atoms with Gasteiger partial charge in [0.05, 0.1) is 6.54 Å². The largest absolute Gasteiger partial charge is 0.315 e. The van der Waals surface area contributed by atoms with Gasteiger partial charge in [-0.05, 0) is 0 Å². The molecule has 1 aromatic rings. The van der Waals surface area contributed by atoms with Gasteiger partial charge in [0.1, 0.15) is 17.4 Å². The van der Waals surface area contributed by atoms with Gasteiger partial charge >= 0.3 is 0 Å². The van der Waals surface area contributed by atoms with Crippen LogP contribution in [0.3, 0.4) is 0 Å². The Hall–Kier alpha value is -0.660. The van der Waals surface area contributed by atoms with Crippen LogP contribution in [0.15, 0.2) is 6.33 Å². The maximum absolute atomic E-state index is 11.4. The first-order valence-electron chi connectivity index (χ1n) is 4.04. The van der Waals surface area contributed by atoms with Crippen molar-refractivity contribution in [2.75, 3.05) is 11.8 Å². The zero-order chi connectivity index (χ0) is 10.2. The maximum atomic E-state index is 11.4. The van der Waals surface area contributed by atoms with Gasteiger partial charge in [-0.1, -0.05) is 0 Å². The van der Waals surface area contributed by atoms with Gasteiger partial charge in [-0.2, -0.15) is 4.31 Å². The van der Waals surface area contributed by atoms with Gasteiger partial charge in [0.25, 0.3) is 0 Å². The van der Waals surface area contributed by atoms with Crippen molar-refractivity contribution >= 4 is 21.6 Å². The third-order valence-corrected chi connectivity index (χ3v) is 4.34. The standard InChI is InChI=1S/C6H9ClN4O2S/c7-4-14(12,13)11-2-1-10-5-8-9-6(10)3-11/h5H,1-4H2. The molecule has 0 saturated carbocycles. The van der Waals surface area contributed by atoms with Crippen molar-refractivity contribution in [2.45, 2.75) is 13.1 Å². The van der Waals surface area contributed by atoms with Crippen LogP contribution in [0.2, 0.25) is 0 Å². The van der Waals surface area contributed by atoms with E-state index in [0.29, 0.717) is 18.9 Å². The van der Waals surface area contributed by atoms with E-state index < -0.39 is 10.0 Å². The number of nitrogens with zero attached hydrogens (tertiary/aromatic N) is 4. The van der Waals surface area contributed by atoms with E-state index in [1.54, 1.807) is 6.33 Å². The highest BCUT2D eigenvalue weighted by Crippen LogP contribution is 2.14. The molecule has 0 atom stereocenters. The molecule has 0 aromatic carbocycles. The van der Waals surface area contributed by atoms with Crippen LogP contribution >= 0.6 is 11.6 Å². The van der Waals surface area contributed by atoms with Crippen molar-refractivity contribution in [2.24, 2.45) is 0 Å². The molecule has 1 aliphatic heterocycles. The zero-order valence-corrected chi connectivity index (χ0v) is 8.87. The summed E-state index contributed by atoms with van der Waals surface area (Å²) in [6.07, 6.45) is 1.60. The first kappa shape index (κ1) is 9.88. The van der Waals surface area contributed by atoms with Gasteiger partial charge < -0.3 is 4.57 Å². The lowest BCUT2D eigenvalue weighted by atomic mass is 10.4. The van der Waals surface area contributed by atoms with Crippen LogP contribution in [0, 0.1) is 0 Å². The van der Waals surface area contributed by atoms with E-state index in [9.17, 15) is 8.42 Å². The minimum Gasteiger partial charge on any atom is -0.315 e. The third-order valence-electron chi connectivity index (χ3n) is 2.14. The van der Waals surface area contributed by atoms with Gasteiger partial charge in [-0.15, -0.1) is 21.8 Å². The van der Waals surface area contributed by atoms with Crippen molar-refractivity contribution in [1.82, 2.24) is 19.1 Å². The molecule has 14 heavy (non-hydrogen) atoms. The topological polar surface area (TPSA) is 68.1 Å². The van der Waals surface area contributed by atoms with Crippen LogP contribution in [0.25, 0.3) is 0 Å². The van der Waals surface area contributed by atoms with E-state index in [4.69, 9.17) is 11.6 Å². The quantitative estimate of drug-likeness (QED) is 0.657. The van der Waals surface area contributed by atoms with Crippen LogP contribution in [0.1, 0.15) is 5.82 Å². The lowest BCUT2D eigenvalue weighted by Crippen LogP contribution is -2.38. The lowest BCUT2D eigenvalue weighted by molar-refractivity contribution is 0.337. The van der Waals surface area contributed by atoms with Crippen molar-refractivity contribution in [1.29, 1.82) is 0 Å². The summed E-state index contributed by atoms with van der Waals surface area (Å²) in [7, 11) is -3.32. The summed E-state index contributed by atoms with van der Waals surface area (Å²) in [4.78, 5) is 0. The predicted molar refractivity (Wildman–Crippen MR) is 50.1 cm³/mol. The highest BCUT2D eigenvalue weighted by molar-refractivity contribution is 7.90. The van der Waals surface area contributed by atoms with Crippen LogP contribution in [0.4, 0.5) is 0 Å². The van der Waals surface area contributed by atoms with Crippen LogP contribution in [-0.2, 0) is 23.1 Å². The smallest absolute Gasteiger partial charge is 0.228 e. The Labute approximate surface area is 86.5 Å². The monoisotopic (exact) mass is 236 g/mol. The molecule has 8 heteroatoms. The minimum absolute atomic E-state index is 0.259. The summed E-state index contributed by atoms with van der Waals surface area (Å²) >= 11 is 5.36. The second kappa shape index (κ2) is 3.48. The van der Waals surface area contributed by atoms with Crippen LogP contribution < -0.4 is 0 Å². The summed E-state index contributed by atoms with van der Waals surface area (Å²) in [5, 5.41) is 7.14. The van der Waals surface area contributed by atoms with Gasteiger partial charge in [-0.25, -0.2) is 8.42 Å². The highest BCUT2D eigenvalue weighted by Gasteiger charge is 2.26. The number of fused-ring (bicyclic) bond motifs is 1. The zero-order valence-electron chi connectivity index (χ0n) is 7.30. The summed E-state index contributed by atoms with van der Waals surface area (Å²) in [6, 6.07) is 0. The molecular weight excluding hydrogens is 228 g/mol. The number of hydrogen-bond donors (Lipinski definition) is 0. The number of sulfonamides is 1. The second-order valence-electron chi connectivity index (χ2n) is 3.00. The summed E-state index contributed by atoms with van der Waals surface area (Å²) in [5.41, 5.74) is 0. The molecule has 0 amide bonds. The van der Waals surface area contributed by atoms with E-state index in [0.717, 1.165) is 0 Å². The minimum atomic E-state index is -3.32. The Bertz CT molecular complexity index is 429. The number of rotatable bonds is 2. The van der Waals surface area contributed by atoms with Crippen LogP contribution in [0.5, 0.6) is 0 Å². The van der Waals surface area contributed by atoms with Gasteiger partial charge in [0.2, 0.25) is 10.0 Å². The Morgan fingerprint density at radius 2 is 2.29 bits per heavy atom. The van der Waals surface area contributed by atoms with Crippen molar-refractivity contribution in [3.8, 4) is 0 Å². The first-order chi connectivity index (χ1) is 6.63. The molecule has 2 rings (SSSR count).